The van der Waals surface area contributed by atoms with E-state index in [0.29, 0.717) is 0 Å². The molecule has 2 saturated carbocycles. The number of hydrogen-bond acceptors (Lipinski definition) is 2. The van der Waals surface area contributed by atoms with Crippen LogP contribution in [0.3, 0.4) is 0 Å². The van der Waals surface area contributed by atoms with Crippen molar-refractivity contribution in [2.75, 3.05) is 18.1 Å². The Labute approximate surface area is 104 Å². The number of hydrogen-bond donors (Lipinski definition) is 1. The Hall–Kier alpha value is 0.310. The summed E-state index contributed by atoms with van der Waals surface area (Å²) in [7, 11) is 0. The molecule has 3 fully saturated rings. The standard InChI is InChI=1S/C14H25NS/c1-2-6-14(7-3-1)8-4-13(14)15-10-12-5-9-16-11-12/h12-13,15H,1-11H2. The predicted octanol–water partition coefficient (Wildman–Crippen LogP) is 3.44. The van der Waals surface area contributed by atoms with E-state index in [9.17, 15) is 0 Å². The molecule has 0 bridgehead atoms. The van der Waals surface area contributed by atoms with Gasteiger partial charge in [0.2, 0.25) is 0 Å². The van der Waals surface area contributed by atoms with Crippen molar-refractivity contribution in [3.8, 4) is 0 Å². The summed E-state index contributed by atoms with van der Waals surface area (Å²) in [5, 5.41) is 3.91. The summed E-state index contributed by atoms with van der Waals surface area (Å²) in [5.41, 5.74) is 0.754. The maximum Gasteiger partial charge on any atom is 0.0124 e. The Morgan fingerprint density at radius 3 is 2.56 bits per heavy atom. The molecule has 0 aromatic heterocycles. The van der Waals surface area contributed by atoms with Crippen molar-refractivity contribution in [3.05, 3.63) is 0 Å². The van der Waals surface area contributed by atoms with Crippen molar-refractivity contribution in [3.63, 3.8) is 0 Å². The Kier molecular flexibility index (Phi) is 3.49. The number of nitrogens with one attached hydrogen (secondary N) is 1. The molecule has 3 aliphatic rings. The molecule has 2 unspecified atom stereocenters. The van der Waals surface area contributed by atoms with Crippen molar-refractivity contribution >= 4 is 11.8 Å². The summed E-state index contributed by atoms with van der Waals surface area (Å²) >= 11 is 2.15. The molecule has 92 valence electrons. The summed E-state index contributed by atoms with van der Waals surface area (Å²) < 4.78 is 0. The molecule has 2 heteroatoms. The van der Waals surface area contributed by atoms with E-state index in [1.807, 2.05) is 0 Å². The minimum atomic E-state index is 0.754. The molecule has 1 nitrogen and oxygen atoms in total. The van der Waals surface area contributed by atoms with Crippen LogP contribution < -0.4 is 5.32 Å². The third-order valence-corrected chi connectivity index (χ3v) is 6.43. The molecule has 1 saturated heterocycles. The molecule has 2 atom stereocenters. The van der Waals surface area contributed by atoms with Crippen molar-refractivity contribution in [1.82, 2.24) is 5.32 Å². The zero-order valence-corrected chi connectivity index (χ0v) is 11.2. The van der Waals surface area contributed by atoms with E-state index < -0.39 is 0 Å². The summed E-state index contributed by atoms with van der Waals surface area (Å²) in [6.45, 7) is 1.30. The van der Waals surface area contributed by atoms with Crippen LogP contribution in [0.25, 0.3) is 0 Å². The van der Waals surface area contributed by atoms with Crippen molar-refractivity contribution in [2.45, 2.75) is 57.4 Å². The molecule has 1 aliphatic heterocycles. The minimum Gasteiger partial charge on any atom is -0.313 e. The van der Waals surface area contributed by atoms with Crippen LogP contribution in [0.1, 0.15) is 51.4 Å². The van der Waals surface area contributed by atoms with Crippen LogP contribution in [0.2, 0.25) is 0 Å². The van der Waals surface area contributed by atoms with Crippen molar-refractivity contribution < 1.29 is 0 Å². The molecule has 2 aliphatic carbocycles. The Balaban J connectivity index is 1.47. The van der Waals surface area contributed by atoms with Crippen molar-refractivity contribution in [1.29, 1.82) is 0 Å². The lowest BCUT2D eigenvalue weighted by atomic mass is 9.57. The van der Waals surface area contributed by atoms with Gasteiger partial charge in [0.1, 0.15) is 0 Å². The maximum absolute atomic E-state index is 3.91. The zero-order chi connectivity index (χ0) is 10.8. The Morgan fingerprint density at radius 1 is 1.06 bits per heavy atom. The summed E-state index contributed by atoms with van der Waals surface area (Å²) in [5.74, 6) is 3.79. The molecule has 0 aromatic carbocycles. The topological polar surface area (TPSA) is 12.0 Å². The SMILES string of the molecule is C1CCC2(CC1)CCC2NCC1CCSC1. The Morgan fingerprint density at radius 2 is 1.94 bits per heavy atom. The first-order valence-electron chi connectivity index (χ1n) is 7.20. The van der Waals surface area contributed by atoms with Crippen LogP contribution in [0, 0.1) is 11.3 Å². The average Bonchev–Trinajstić information content (AvgIpc) is 2.82. The third-order valence-electron chi connectivity index (χ3n) is 5.20. The molecule has 0 aromatic rings. The van der Waals surface area contributed by atoms with Crippen molar-refractivity contribution in [2.24, 2.45) is 11.3 Å². The number of thioether (sulfide) groups is 1. The molecule has 16 heavy (non-hydrogen) atoms. The van der Waals surface area contributed by atoms with Crippen LogP contribution in [0.15, 0.2) is 0 Å². The summed E-state index contributed by atoms with van der Waals surface area (Å²) in [6.07, 6.45) is 12.0. The van der Waals surface area contributed by atoms with E-state index >= 15 is 0 Å². The maximum atomic E-state index is 3.91. The van der Waals surface area contributed by atoms with Gasteiger partial charge in [-0.15, -0.1) is 0 Å². The fourth-order valence-corrected chi connectivity index (χ4v) is 5.21. The van der Waals surface area contributed by atoms with Crippen LogP contribution in [-0.2, 0) is 0 Å². The van der Waals surface area contributed by atoms with E-state index in [1.165, 1.54) is 69.4 Å². The second-order valence-corrected chi connectivity index (χ2v) is 7.30. The molecule has 1 heterocycles. The highest BCUT2D eigenvalue weighted by atomic mass is 32.2. The lowest BCUT2D eigenvalue weighted by Crippen LogP contribution is -2.55. The van der Waals surface area contributed by atoms with E-state index in [1.54, 1.807) is 0 Å². The van der Waals surface area contributed by atoms with Gasteiger partial charge < -0.3 is 5.32 Å². The van der Waals surface area contributed by atoms with Crippen LogP contribution in [0.5, 0.6) is 0 Å². The van der Waals surface area contributed by atoms with Crippen LogP contribution in [-0.4, -0.2) is 24.1 Å². The van der Waals surface area contributed by atoms with E-state index in [2.05, 4.69) is 17.1 Å². The fourth-order valence-electron chi connectivity index (χ4n) is 3.92. The molecule has 0 amide bonds. The highest BCUT2D eigenvalue weighted by molar-refractivity contribution is 7.99. The van der Waals surface area contributed by atoms with Gasteiger partial charge in [-0.05, 0) is 61.5 Å². The molecular weight excluding hydrogens is 214 g/mol. The molecule has 1 spiro atoms. The van der Waals surface area contributed by atoms with E-state index in [-0.39, 0.29) is 0 Å². The first-order chi connectivity index (χ1) is 7.89. The van der Waals surface area contributed by atoms with Gasteiger partial charge in [0.05, 0.1) is 0 Å². The molecule has 0 radical (unpaired) electrons. The Bertz CT molecular complexity index is 229. The van der Waals surface area contributed by atoms with Gasteiger partial charge in [0, 0.05) is 6.04 Å². The van der Waals surface area contributed by atoms with Gasteiger partial charge >= 0.3 is 0 Å². The predicted molar refractivity (Wildman–Crippen MR) is 72.0 cm³/mol. The molecule has 1 N–H and O–H groups in total. The van der Waals surface area contributed by atoms with Crippen LogP contribution >= 0.6 is 11.8 Å². The van der Waals surface area contributed by atoms with Gasteiger partial charge in [0.25, 0.3) is 0 Å². The number of rotatable bonds is 3. The largest absolute Gasteiger partial charge is 0.313 e. The monoisotopic (exact) mass is 239 g/mol. The van der Waals surface area contributed by atoms with Gasteiger partial charge in [0.15, 0.2) is 0 Å². The van der Waals surface area contributed by atoms with Gasteiger partial charge in [-0.3, -0.25) is 0 Å². The van der Waals surface area contributed by atoms with E-state index in [0.717, 1.165) is 17.4 Å². The van der Waals surface area contributed by atoms with Gasteiger partial charge in [-0.25, -0.2) is 0 Å². The second-order valence-electron chi connectivity index (χ2n) is 6.15. The average molecular weight is 239 g/mol. The highest BCUT2D eigenvalue weighted by Gasteiger charge is 2.46. The third kappa shape index (κ3) is 2.15. The molecular formula is C14H25NS. The first-order valence-corrected chi connectivity index (χ1v) is 8.36. The second kappa shape index (κ2) is 4.89. The van der Waals surface area contributed by atoms with Crippen LogP contribution in [0.4, 0.5) is 0 Å². The zero-order valence-electron chi connectivity index (χ0n) is 10.3. The van der Waals surface area contributed by atoms with E-state index in [4.69, 9.17) is 0 Å². The normalized spacial score (nSPS) is 37.5. The molecule has 3 rings (SSSR count). The minimum absolute atomic E-state index is 0.754. The van der Waals surface area contributed by atoms with Gasteiger partial charge in [-0.2, -0.15) is 11.8 Å². The first kappa shape index (κ1) is 11.4. The smallest absolute Gasteiger partial charge is 0.0124 e. The quantitative estimate of drug-likeness (QED) is 0.809. The fraction of sp³-hybridized carbons (Fsp3) is 1.00. The summed E-state index contributed by atoms with van der Waals surface area (Å²) in [6, 6.07) is 0.887. The van der Waals surface area contributed by atoms with Gasteiger partial charge in [-0.1, -0.05) is 19.3 Å². The summed E-state index contributed by atoms with van der Waals surface area (Å²) in [4.78, 5) is 0. The lowest BCUT2D eigenvalue weighted by Gasteiger charge is -2.53. The lowest BCUT2D eigenvalue weighted by molar-refractivity contribution is 0.0216. The highest BCUT2D eigenvalue weighted by Crippen LogP contribution is 2.51.